The molecule has 0 amide bonds. The average Bonchev–Trinajstić information content (AvgIpc) is 2.63. The normalized spacial score (nSPS) is 26.0. The van der Waals surface area contributed by atoms with Crippen molar-refractivity contribution in [1.29, 1.82) is 0 Å². The van der Waals surface area contributed by atoms with Gasteiger partial charge in [-0.1, -0.05) is 56.7 Å². The van der Waals surface area contributed by atoms with Gasteiger partial charge >= 0.3 is 5.97 Å². The van der Waals surface area contributed by atoms with Gasteiger partial charge in [0.2, 0.25) is 0 Å². The largest absolute Gasteiger partial charge is 0.483 e. The molecule has 0 spiro atoms. The molecule has 7 heteroatoms. The summed E-state index contributed by atoms with van der Waals surface area (Å²) in [6.45, 7) is 4.31. The Hall–Kier alpha value is -1.96. The van der Waals surface area contributed by atoms with Gasteiger partial charge in [0.15, 0.2) is 6.10 Å². The lowest BCUT2D eigenvalue weighted by molar-refractivity contribution is -0.189. The maximum atomic E-state index is 11.6. The third-order valence-electron chi connectivity index (χ3n) is 3.69. The van der Waals surface area contributed by atoms with Crippen molar-refractivity contribution in [3.05, 3.63) is 36.5 Å². The van der Waals surface area contributed by atoms with E-state index in [9.17, 15) is 4.79 Å². The lowest BCUT2D eigenvalue weighted by atomic mass is 9.93. The summed E-state index contributed by atoms with van der Waals surface area (Å²) in [6.07, 6.45) is 13.0. The number of hydrogen-bond donors (Lipinski definition) is 2. The number of hydrogen-bond acceptors (Lipinski definition) is 6. The predicted molar refractivity (Wildman–Crippen MR) is 99.7 cm³/mol. The number of ether oxygens (including phenoxy) is 3. The van der Waals surface area contributed by atoms with E-state index in [0.29, 0.717) is 6.61 Å². The van der Waals surface area contributed by atoms with Gasteiger partial charge in [0.05, 0.1) is 13.2 Å². The highest BCUT2D eigenvalue weighted by molar-refractivity contribution is 5.71. The highest BCUT2D eigenvalue weighted by Gasteiger charge is 2.40. The zero-order valence-electron chi connectivity index (χ0n) is 15.7. The second-order valence-electron chi connectivity index (χ2n) is 5.73. The molecule has 4 atom stereocenters. The van der Waals surface area contributed by atoms with Crippen LogP contribution in [0.2, 0.25) is 0 Å². The Morgan fingerprint density at radius 1 is 1.27 bits per heavy atom. The molecule has 0 aliphatic carbocycles. The summed E-state index contributed by atoms with van der Waals surface area (Å²) in [7, 11) is 1.62. The van der Waals surface area contributed by atoms with Gasteiger partial charge in [-0.25, -0.2) is 0 Å². The molecule has 0 aromatic heterocycles. The number of methoxy groups -OCH3 is 1. The van der Waals surface area contributed by atoms with Gasteiger partial charge in [-0.05, 0) is 6.42 Å². The molecule has 0 aromatic rings. The van der Waals surface area contributed by atoms with Gasteiger partial charge in [0.1, 0.15) is 12.2 Å². The van der Waals surface area contributed by atoms with Crippen molar-refractivity contribution in [3.63, 3.8) is 0 Å². The van der Waals surface area contributed by atoms with E-state index in [2.05, 4.69) is 13.0 Å². The first-order chi connectivity index (χ1) is 12.5. The fraction of sp³-hybridized carbons (Fsp3) is 0.579. The highest BCUT2D eigenvalue weighted by Crippen LogP contribution is 2.26. The Balaban J connectivity index is 0.00000194. The summed E-state index contributed by atoms with van der Waals surface area (Å²) >= 11 is 0. The maximum absolute atomic E-state index is 11.6. The molecule has 0 unspecified atom stereocenters. The van der Waals surface area contributed by atoms with Crippen molar-refractivity contribution in [2.24, 2.45) is 11.7 Å². The summed E-state index contributed by atoms with van der Waals surface area (Å²) in [5.41, 5.74) is 5.34. The van der Waals surface area contributed by atoms with Crippen LogP contribution in [0.3, 0.4) is 0 Å². The molecule has 1 rings (SSSR count). The Bertz CT molecular complexity index is 475. The monoisotopic (exact) mass is 369 g/mol. The average molecular weight is 369 g/mol. The SMILES string of the molecule is CCC/C=C/C=C/C=C/[C@@H]1OC[C@H](C)[C@H](OC)[C@H]1OC(=O)CN.O=CO. The quantitative estimate of drug-likeness (QED) is 0.383. The second-order valence-corrected chi connectivity index (χ2v) is 5.73. The lowest BCUT2D eigenvalue weighted by Crippen LogP contribution is -2.52. The smallest absolute Gasteiger partial charge is 0.320 e. The van der Waals surface area contributed by atoms with E-state index in [-0.39, 0.29) is 31.1 Å². The van der Waals surface area contributed by atoms with Crippen LogP contribution in [0.5, 0.6) is 0 Å². The minimum Gasteiger partial charge on any atom is -0.483 e. The van der Waals surface area contributed by atoms with Crippen LogP contribution in [0, 0.1) is 5.92 Å². The standard InChI is InChI=1S/C18H29NO4.CH2O2/c1-4-5-6-7-8-9-10-11-15-18(23-16(20)12-19)17(21-3)14(2)13-22-15;2-1-3/h6-11,14-15,17-18H,4-5,12-13,19H2,1-3H3;1H,(H,2,3)/b7-6+,9-8+,11-10+;/t14-,15-,17-,18-;/m0./s1. The molecule has 0 bridgehead atoms. The fourth-order valence-electron chi connectivity index (χ4n) is 2.47. The number of esters is 1. The van der Waals surface area contributed by atoms with Gasteiger partial charge in [-0.3, -0.25) is 9.59 Å². The van der Waals surface area contributed by atoms with Gasteiger partial charge in [0, 0.05) is 13.0 Å². The van der Waals surface area contributed by atoms with E-state index in [4.69, 9.17) is 29.8 Å². The van der Waals surface area contributed by atoms with Crippen LogP contribution >= 0.6 is 0 Å². The molecule has 1 aliphatic heterocycles. The molecule has 3 N–H and O–H groups in total. The molecule has 148 valence electrons. The summed E-state index contributed by atoms with van der Waals surface area (Å²) in [5.74, 6) is -0.307. The number of carboxylic acid groups (broad SMARTS) is 1. The molecule has 0 radical (unpaired) electrons. The molecule has 26 heavy (non-hydrogen) atoms. The molecule has 1 fully saturated rings. The number of carbonyl (C=O) groups is 2. The van der Waals surface area contributed by atoms with Crippen LogP contribution in [0.15, 0.2) is 36.5 Å². The Morgan fingerprint density at radius 3 is 2.50 bits per heavy atom. The number of rotatable bonds is 8. The minimum absolute atomic E-state index is 0.146. The Morgan fingerprint density at radius 2 is 1.92 bits per heavy atom. The molecule has 1 aliphatic rings. The van der Waals surface area contributed by atoms with Crippen LogP contribution < -0.4 is 5.73 Å². The Labute approximate surface area is 155 Å². The van der Waals surface area contributed by atoms with Crippen LogP contribution in [0.25, 0.3) is 0 Å². The first-order valence-electron chi connectivity index (χ1n) is 8.67. The second kappa shape index (κ2) is 15.3. The van der Waals surface area contributed by atoms with Crippen molar-refractivity contribution in [2.75, 3.05) is 20.3 Å². The molecule has 7 nitrogen and oxygen atoms in total. The van der Waals surface area contributed by atoms with Gasteiger partial charge in [-0.2, -0.15) is 0 Å². The van der Waals surface area contributed by atoms with Crippen molar-refractivity contribution in [2.45, 2.75) is 45.0 Å². The van der Waals surface area contributed by atoms with E-state index >= 15 is 0 Å². The van der Waals surface area contributed by atoms with Crippen molar-refractivity contribution in [1.82, 2.24) is 0 Å². The van der Waals surface area contributed by atoms with Crippen LogP contribution in [-0.4, -0.2) is 56.1 Å². The summed E-state index contributed by atoms with van der Waals surface area (Å²) in [6, 6.07) is 0. The van der Waals surface area contributed by atoms with E-state index in [1.54, 1.807) is 7.11 Å². The summed E-state index contributed by atoms with van der Waals surface area (Å²) < 4.78 is 16.7. The Kier molecular flexibility index (Phi) is 14.2. The molecule has 1 heterocycles. The zero-order chi connectivity index (χ0) is 19.8. The maximum Gasteiger partial charge on any atom is 0.320 e. The highest BCUT2D eigenvalue weighted by atomic mass is 16.6. The van der Waals surface area contributed by atoms with Crippen molar-refractivity contribution >= 4 is 12.4 Å². The molecule has 0 saturated carbocycles. The van der Waals surface area contributed by atoms with E-state index in [0.717, 1.165) is 12.8 Å². The fourth-order valence-corrected chi connectivity index (χ4v) is 2.47. The lowest BCUT2D eigenvalue weighted by Gasteiger charge is -2.39. The summed E-state index contributed by atoms with van der Waals surface area (Å²) in [4.78, 5) is 19.9. The van der Waals surface area contributed by atoms with Crippen molar-refractivity contribution < 1.29 is 28.9 Å². The molecule has 1 saturated heterocycles. The van der Waals surface area contributed by atoms with Gasteiger partial charge < -0.3 is 25.1 Å². The first-order valence-corrected chi connectivity index (χ1v) is 8.67. The molecular weight excluding hydrogens is 338 g/mol. The topological polar surface area (TPSA) is 108 Å². The number of carbonyl (C=O) groups excluding carboxylic acids is 1. The third kappa shape index (κ3) is 9.50. The first kappa shape index (κ1) is 24.0. The minimum atomic E-state index is -0.486. The predicted octanol–water partition coefficient (Wildman–Crippen LogP) is 2.08. The molecular formula is C19H31NO6. The van der Waals surface area contributed by atoms with Crippen LogP contribution in [-0.2, 0) is 23.8 Å². The van der Waals surface area contributed by atoms with Crippen molar-refractivity contribution in [3.8, 4) is 0 Å². The van der Waals surface area contributed by atoms with E-state index in [1.165, 1.54) is 0 Å². The van der Waals surface area contributed by atoms with Crippen LogP contribution in [0.4, 0.5) is 0 Å². The number of allylic oxidation sites excluding steroid dienone is 5. The third-order valence-corrected chi connectivity index (χ3v) is 3.69. The van der Waals surface area contributed by atoms with Gasteiger partial charge in [0.25, 0.3) is 6.47 Å². The van der Waals surface area contributed by atoms with Gasteiger partial charge in [-0.15, -0.1) is 0 Å². The molecule has 0 aromatic carbocycles. The summed E-state index contributed by atoms with van der Waals surface area (Å²) in [5, 5.41) is 6.89. The van der Waals surface area contributed by atoms with E-state index in [1.807, 2.05) is 37.3 Å². The van der Waals surface area contributed by atoms with Crippen LogP contribution in [0.1, 0.15) is 26.7 Å². The zero-order valence-corrected chi connectivity index (χ0v) is 15.7. The number of nitrogens with two attached hydrogens (primary N) is 1. The van der Waals surface area contributed by atoms with E-state index < -0.39 is 12.1 Å². The number of unbranched alkanes of at least 4 members (excludes halogenated alkanes) is 1.